The van der Waals surface area contributed by atoms with Crippen LogP contribution in [0.5, 0.6) is 11.5 Å². The fourth-order valence-corrected chi connectivity index (χ4v) is 6.86. The smallest absolute Gasteiger partial charge is 0.268 e. The van der Waals surface area contributed by atoms with Crippen LogP contribution in [0.4, 0.5) is 5.69 Å². The Morgan fingerprint density at radius 3 is 2.67 bits per heavy atom. The maximum Gasteiger partial charge on any atom is 0.268 e. The third kappa shape index (κ3) is 5.95. The van der Waals surface area contributed by atoms with Gasteiger partial charge in [-0.2, -0.15) is 8.42 Å². The first-order valence-electron chi connectivity index (χ1n) is 11.8. The number of fused-ring (bicyclic) bond motifs is 3. The van der Waals surface area contributed by atoms with Gasteiger partial charge in [-0.1, -0.05) is 24.4 Å². The van der Waals surface area contributed by atoms with Gasteiger partial charge in [0, 0.05) is 35.7 Å². The highest BCUT2D eigenvalue weighted by molar-refractivity contribution is 8.03. The molecule has 2 aliphatic heterocycles. The third-order valence-corrected chi connectivity index (χ3v) is 8.73. The van der Waals surface area contributed by atoms with E-state index in [0.717, 1.165) is 16.8 Å². The van der Waals surface area contributed by atoms with Crippen LogP contribution in [0.3, 0.4) is 0 Å². The van der Waals surface area contributed by atoms with Crippen LogP contribution in [0, 0.1) is 0 Å². The van der Waals surface area contributed by atoms with Crippen molar-refractivity contribution in [3.05, 3.63) is 46.9 Å². The van der Waals surface area contributed by atoms with E-state index in [0.29, 0.717) is 45.2 Å². The van der Waals surface area contributed by atoms with E-state index in [1.165, 1.54) is 11.8 Å². The topological polar surface area (TPSA) is 164 Å². The number of ether oxygens (including phenoxy) is 2. The van der Waals surface area contributed by atoms with Gasteiger partial charge in [0.2, 0.25) is 22.6 Å². The summed E-state index contributed by atoms with van der Waals surface area (Å²) in [6, 6.07) is 5.33. The molecule has 0 saturated carbocycles. The predicted molar refractivity (Wildman–Crippen MR) is 149 cm³/mol. The van der Waals surface area contributed by atoms with Crippen LogP contribution < -0.4 is 23.7 Å². The lowest BCUT2D eigenvalue weighted by atomic mass is 10.2. The highest BCUT2D eigenvalue weighted by Gasteiger charge is 2.32. The lowest BCUT2D eigenvalue weighted by Crippen LogP contribution is -2.46. The number of sulfonamides is 1. The minimum Gasteiger partial charge on any atom is -0.454 e. The molecule has 3 aromatic rings. The van der Waals surface area contributed by atoms with E-state index in [2.05, 4.69) is 11.6 Å². The van der Waals surface area contributed by atoms with Gasteiger partial charge in [0.05, 0.1) is 29.3 Å². The summed E-state index contributed by atoms with van der Waals surface area (Å²) in [7, 11) is -7.97. The number of imidazole rings is 1. The van der Waals surface area contributed by atoms with Gasteiger partial charge in [-0.15, -0.1) is 0 Å². The number of nitrogens with zero attached hydrogens (tertiary/aromatic N) is 3. The Balaban J connectivity index is 1.62. The van der Waals surface area contributed by atoms with Crippen molar-refractivity contribution in [1.29, 1.82) is 0 Å². The Morgan fingerprint density at radius 1 is 1.27 bits per heavy atom. The van der Waals surface area contributed by atoms with E-state index < -0.39 is 31.8 Å². The number of halogens is 1. The lowest BCUT2D eigenvalue weighted by molar-refractivity contribution is -0.662. The predicted octanol–water partition coefficient (Wildman–Crippen LogP) is 2.09. The van der Waals surface area contributed by atoms with E-state index >= 15 is 0 Å². The minimum atomic E-state index is -4.17. The summed E-state index contributed by atoms with van der Waals surface area (Å²) in [5.41, 5.74) is 1.90. The maximum absolute atomic E-state index is 12.7. The van der Waals surface area contributed by atoms with Crippen LogP contribution in [-0.2, 0) is 38.0 Å². The van der Waals surface area contributed by atoms with Gasteiger partial charge in [-0.25, -0.2) is 17.6 Å². The number of aromatic amines is 1. The number of anilines is 1. The molecule has 1 aromatic carbocycles. The van der Waals surface area contributed by atoms with E-state index in [1.54, 1.807) is 22.8 Å². The van der Waals surface area contributed by atoms with Gasteiger partial charge < -0.3 is 14.4 Å². The quantitative estimate of drug-likeness (QED) is 0.172. The highest BCUT2D eigenvalue weighted by atomic mass is 35.5. The summed E-state index contributed by atoms with van der Waals surface area (Å²) in [6.45, 7) is 4.15. The standard InChI is InChI=1S/C23H24ClN5O8S3/c1-3-5-27-15-9-19(24)25-23(15)29(12-20(30)26-39(2,31)32)21(27)11-22-28(6-4-7-40(33,34)35)14-8-16-17(37-13-36-16)10-18(14)38-22/h3,8-11,25H,1,4-7,12-13H2,2H3,(H-,26,30,33,34,35)/p+1. The number of carbonyl (C=O) groups excluding carboxylic acids is 1. The molecule has 13 nitrogen and oxygen atoms in total. The molecule has 17 heteroatoms. The zero-order valence-electron chi connectivity index (χ0n) is 21.1. The van der Waals surface area contributed by atoms with E-state index in [1.807, 2.05) is 26.3 Å². The molecule has 214 valence electrons. The Bertz CT molecular complexity index is 1780. The number of thioether (sulfide) groups is 1. The van der Waals surface area contributed by atoms with Gasteiger partial charge in [0.25, 0.3) is 21.7 Å². The average molecular weight is 631 g/mol. The minimum absolute atomic E-state index is 0.0909. The maximum atomic E-state index is 12.7. The molecule has 0 radical (unpaired) electrons. The van der Waals surface area contributed by atoms with Crippen molar-refractivity contribution in [3.63, 3.8) is 0 Å². The van der Waals surface area contributed by atoms with Crippen molar-refractivity contribution in [2.45, 2.75) is 24.4 Å². The van der Waals surface area contributed by atoms with E-state index in [9.17, 15) is 26.2 Å². The summed E-state index contributed by atoms with van der Waals surface area (Å²) in [6.07, 6.45) is 4.50. The molecule has 5 rings (SSSR count). The lowest BCUT2D eigenvalue weighted by Gasteiger charge is -2.20. The normalized spacial score (nSPS) is 15.7. The van der Waals surface area contributed by atoms with Crippen molar-refractivity contribution in [2.75, 3.05) is 30.2 Å². The largest absolute Gasteiger partial charge is 0.454 e. The Morgan fingerprint density at radius 2 is 2.00 bits per heavy atom. The number of hydrogen-bond donors (Lipinski definition) is 3. The highest BCUT2D eigenvalue weighted by Crippen LogP contribution is 2.51. The first-order chi connectivity index (χ1) is 18.8. The summed E-state index contributed by atoms with van der Waals surface area (Å²) in [4.78, 5) is 18.4. The molecule has 1 amide bonds. The molecular weight excluding hydrogens is 606 g/mol. The number of hydrogen-bond acceptors (Lipinski definition) is 9. The van der Waals surface area contributed by atoms with Crippen molar-refractivity contribution in [2.24, 2.45) is 0 Å². The monoisotopic (exact) mass is 630 g/mol. The summed E-state index contributed by atoms with van der Waals surface area (Å²) in [5.74, 6) is 0.466. The SMILES string of the molecule is C=CCn1c(C=C2Sc3cc4c(cc3N2CCCS(=O)(=O)O)OCO4)[n+](CC(=O)NS(C)(=O)=O)c2[nH]c(Cl)cc21. The van der Waals surface area contributed by atoms with Crippen molar-refractivity contribution < 1.29 is 40.2 Å². The molecule has 2 aliphatic rings. The second-order valence-electron chi connectivity index (χ2n) is 9.04. The average Bonchev–Trinajstić information content (AvgIpc) is 3.57. The molecule has 2 aromatic heterocycles. The van der Waals surface area contributed by atoms with E-state index in [4.69, 9.17) is 21.1 Å². The van der Waals surface area contributed by atoms with Crippen LogP contribution in [0.2, 0.25) is 5.15 Å². The molecule has 4 heterocycles. The van der Waals surface area contributed by atoms with Crippen molar-refractivity contribution in [3.8, 4) is 11.5 Å². The first-order valence-corrected chi connectivity index (χ1v) is 16.5. The second kappa shape index (κ2) is 10.7. The molecule has 0 spiro atoms. The zero-order valence-corrected chi connectivity index (χ0v) is 24.3. The van der Waals surface area contributed by atoms with Gasteiger partial charge in [-0.05, 0) is 18.0 Å². The number of aromatic nitrogens is 3. The van der Waals surface area contributed by atoms with Crippen LogP contribution in [0.25, 0.3) is 17.2 Å². The molecule has 0 aliphatic carbocycles. The number of H-pyrrole nitrogens is 1. The second-order valence-corrected chi connectivity index (χ2v) is 13.8. The molecule has 3 N–H and O–H groups in total. The van der Waals surface area contributed by atoms with Gasteiger partial charge in [0.1, 0.15) is 0 Å². The third-order valence-electron chi connectivity index (χ3n) is 6.03. The molecule has 40 heavy (non-hydrogen) atoms. The number of rotatable bonds is 10. The van der Waals surface area contributed by atoms with Crippen LogP contribution >= 0.6 is 23.4 Å². The van der Waals surface area contributed by atoms with Gasteiger partial charge >= 0.3 is 0 Å². The van der Waals surface area contributed by atoms with Crippen molar-refractivity contribution in [1.82, 2.24) is 14.3 Å². The number of amides is 1. The molecule has 0 fully saturated rings. The number of carbonyl (C=O) groups is 1. The van der Waals surface area contributed by atoms with Crippen LogP contribution in [0.15, 0.2) is 40.8 Å². The molecular formula is C23H25ClN5O8S3+. The van der Waals surface area contributed by atoms with Crippen molar-refractivity contribution >= 4 is 72.3 Å². The fourth-order valence-electron chi connectivity index (χ4n) is 4.56. The number of allylic oxidation sites excluding steroid dienone is 1. The molecule has 0 unspecified atom stereocenters. The molecule has 0 atom stereocenters. The number of benzene rings is 1. The summed E-state index contributed by atoms with van der Waals surface area (Å²) < 4.78 is 72.0. The Labute approximate surface area is 239 Å². The van der Waals surface area contributed by atoms with Gasteiger partial charge in [-0.3, -0.25) is 19.1 Å². The number of nitrogens with one attached hydrogen (secondary N) is 2. The van der Waals surface area contributed by atoms with Crippen LogP contribution in [0.1, 0.15) is 12.2 Å². The fraction of sp³-hybridized carbons (Fsp3) is 0.304. The zero-order chi connectivity index (χ0) is 28.8. The Kier molecular flexibility index (Phi) is 7.56. The molecule has 0 saturated heterocycles. The Hall–Kier alpha value is -3.18. The summed E-state index contributed by atoms with van der Waals surface area (Å²) in [5, 5.41) is 1.01. The van der Waals surface area contributed by atoms with E-state index in [-0.39, 0.29) is 26.3 Å². The van der Waals surface area contributed by atoms with Crippen LogP contribution in [-0.4, -0.2) is 62.2 Å². The van der Waals surface area contributed by atoms with Gasteiger partial charge in [0.15, 0.2) is 28.7 Å². The summed E-state index contributed by atoms with van der Waals surface area (Å²) >= 11 is 7.63. The first kappa shape index (κ1) is 28.4. The molecule has 0 bridgehead atoms.